The summed E-state index contributed by atoms with van der Waals surface area (Å²) < 4.78 is 0. The minimum Gasteiger partial charge on any atom is -0.338 e. The molecule has 5 nitrogen and oxygen atoms in total. The molecule has 1 fully saturated rings. The maximum Gasteiger partial charge on any atom is 0.283 e. The van der Waals surface area contributed by atoms with Gasteiger partial charge < -0.3 is 4.90 Å². The van der Waals surface area contributed by atoms with E-state index >= 15 is 0 Å². The van der Waals surface area contributed by atoms with E-state index in [1.54, 1.807) is 4.90 Å². The molecule has 1 aliphatic rings. The van der Waals surface area contributed by atoms with Gasteiger partial charge in [-0.2, -0.15) is 0 Å². The minimum atomic E-state index is -0.584. The van der Waals surface area contributed by atoms with Gasteiger partial charge in [-0.05, 0) is 18.6 Å². The van der Waals surface area contributed by atoms with Crippen molar-refractivity contribution in [2.45, 2.75) is 6.42 Å². The number of amides is 1. The molecular weight excluding hydrogens is 232 g/mol. The molecule has 84 valence electrons. The van der Waals surface area contributed by atoms with Crippen molar-refractivity contribution in [2.24, 2.45) is 0 Å². The molecule has 1 aromatic carbocycles. The molecule has 0 aromatic heterocycles. The standard InChI is InChI=1S/C10H9ClN2O3/c11-7-2-3-8(9(6-7)13(15)16)10(14)12-4-1-5-12/h2-3,6H,1,4-5H2. The second-order valence-electron chi connectivity index (χ2n) is 3.56. The zero-order valence-corrected chi connectivity index (χ0v) is 9.11. The first-order valence-electron chi connectivity index (χ1n) is 4.83. The van der Waals surface area contributed by atoms with Crippen LogP contribution in [-0.4, -0.2) is 28.8 Å². The molecule has 0 unspecified atom stereocenters. The number of hydrogen-bond acceptors (Lipinski definition) is 3. The van der Waals surface area contributed by atoms with E-state index in [0.717, 1.165) is 6.42 Å². The molecule has 0 atom stereocenters. The van der Waals surface area contributed by atoms with Gasteiger partial charge in [-0.25, -0.2) is 0 Å². The Hall–Kier alpha value is -1.62. The highest BCUT2D eigenvalue weighted by molar-refractivity contribution is 6.31. The highest BCUT2D eigenvalue weighted by atomic mass is 35.5. The van der Waals surface area contributed by atoms with E-state index in [1.165, 1.54) is 18.2 Å². The average Bonchev–Trinajstić information content (AvgIpc) is 2.14. The van der Waals surface area contributed by atoms with Gasteiger partial charge in [0.15, 0.2) is 0 Å². The molecule has 1 saturated heterocycles. The van der Waals surface area contributed by atoms with Crippen LogP contribution in [0.15, 0.2) is 18.2 Å². The van der Waals surface area contributed by atoms with Gasteiger partial charge in [-0.3, -0.25) is 14.9 Å². The Morgan fingerprint density at radius 1 is 1.44 bits per heavy atom. The summed E-state index contributed by atoms with van der Waals surface area (Å²) in [5.41, 5.74) is -0.126. The van der Waals surface area contributed by atoms with Crippen LogP contribution in [0.2, 0.25) is 5.02 Å². The first-order valence-corrected chi connectivity index (χ1v) is 5.20. The van der Waals surface area contributed by atoms with Crippen molar-refractivity contribution in [1.82, 2.24) is 4.90 Å². The quantitative estimate of drug-likeness (QED) is 0.587. The van der Waals surface area contributed by atoms with E-state index in [0.29, 0.717) is 13.1 Å². The fourth-order valence-electron chi connectivity index (χ4n) is 1.53. The van der Waals surface area contributed by atoms with E-state index in [1.807, 2.05) is 0 Å². The number of rotatable bonds is 2. The van der Waals surface area contributed by atoms with Crippen molar-refractivity contribution in [3.8, 4) is 0 Å². The monoisotopic (exact) mass is 240 g/mol. The Balaban J connectivity index is 2.38. The van der Waals surface area contributed by atoms with Gasteiger partial charge in [0, 0.05) is 24.2 Å². The molecule has 1 aliphatic heterocycles. The molecule has 0 aliphatic carbocycles. The van der Waals surface area contributed by atoms with E-state index in [4.69, 9.17) is 11.6 Å². The summed E-state index contributed by atoms with van der Waals surface area (Å²) >= 11 is 5.66. The molecule has 1 heterocycles. The summed E-state index contributed by atoms with van der Waals surface area (Å²) in [5, 5.41) is 11.0. The number of halogens is 1. The molecule has 1 amide bonds. The molecule has 16 heavy (non-hydrogen) atoms. The lowest BCUT2D eigenvalue weighted by atomic mass is 10.1. The van der Waals surface area contributed by atoms with Crippen molar-refractivity contribution in [3.05, 3.63) is 38.9 Å². The molecule has 1 aromatic rings. The zero-order chi connectivity index (χ0) is 11.7. The number of carbonyl (C=O) groups is 1. The fourth-order valence-corrected chi connectivity index (χ4v) is 1.69. The molecule has 0 saturated carbocycles. The van der Waals surface area contributed by atoms with Gasteiger partial charge in [0.25, 0.3) is 11.6 Å². The lowest BCUT2D eigenvalue weighted by Gasteiger charge is -2.30. The first kappa shape index (κ1) is 10.9. The normalized spacial score (nSPS) is 14.4. The predicted octanol–water partition coefficient (Wildman–Crippen LogP) is 2.09. The Labute approximate surface area is 96.8 Å². The van der Waals surface area contributed by atoms with Crippen LogP contribution >= 0.6 is 11.6 Å². The van der Waals surface area contributed by atoms with Crippen LogP contribution in [0.3, 0.4) is 0 Å². The molecule has 6 heteroatoms. The SMILES string of the molecule is O=C(c1ccc(Cl)cc1[N+](=O)[O-])N1CCC1. The van der Waals surface area contributed by atoms with Crippen molar-refractivity contribution in [2.75, 3.05) is 13.1 Å². The zero-order valence-electron chi connectivity index (χ0n) is 8.35. The minimum absolute atomic E-state index is 0.106. The van der Waals surface area contributed by atoms with Crippen molar-refractivity contribution >= 4 is 23.2 Å². The maximum atomic E-state index is 11.8. The number of nitro benzene ring substituents is 1. The van der Waals surface area contributed by atoms with Crippen LogP contribution < -0.4 is 0 Å². The van der Waals surface area contributed by atoms with Crippen molar-refractivity contribution < 1.29 is 9.72 Å². The van der Waals surface area contributed by atoms with Crippen LogP contribution in [0.5, 0.6) is 0 Å². The van der Waals surface area contributed by atoms with Crippen LogP contribution in [0.1, 0.15) is 16.8 Å². The largest absolute Gasteiger partial charge is 0.338 e. The topological polar surface area (TPSA) is 63.4 Å². The Bertz CT molecular complexity index is 457. The molecule has 0 bridgehead atoms. The molecule has 0 spiro atoms. The highest BCUT2D eigenvalue weighted by Gasteiger charge is 2.27. The lowest BCUT2D eigenvalue weighted by Crippen LogP contribution is -2.42. The van der Waals surface area contributed by atoms with Gasteiger partial charge in [-0.15, -0.1) is 0 Å². The highest BCUT2D eigenvalue weighted by Crippen LogP contribution is 2.25. The summed E-state index contributed by atoms with van der Waals surface area (Å²) in [4.78, 5) is 23.6. The Kier molecular flexibility index (Phi) is 2.78. The predicted molar refractivity (Wildman–Crippen MR) is 58.6 cm³/mol. The van der Waals surface area contributed by atoms with Gasteiger partial charge in [0.05, 0.1) is 4.92 Å². The van der Waals surface area contributed by atoms with E-state index < -0.39 is 4.92 Å². The van der Waals surface area contributed by atoms with E-state index in [-0.39, 0.29) is 22.2 Å². The third-order valence-corrected chi connectivity index (χ3v) is 2.77. The summed E-state index contributed by atoms with van der Waals surface area (Å²) in [7, 11) is 0. The maximum absolute atomic E-state index is 11.8. The molecular formula is C10H9ClN2O3. The molecule has 2 rings (SSSR count). The number of nitro groups is 1. The van der Waals surface area contributed by atoms with Crippen molar-refractivity contribution in [3.63, 3.8) is 0 Å². The number of carbonyl (C=O) groups excluding carboxylic acids is 1. The van der Waals surface area contributed by atoms with E-state index in [2.05, 4.69) is 0 Å². The van der Waals surface area contributed by atoms with Crippen LogP contribution in [0.25, 0.3) is 0 Å². The number of nitrogens with zero attached hydrogens (tertiary/aromatic N) is 2. The average molecular weight is 241 g/mol. The van der Waals surface area contributed by atoms with Crippen LogP contribution in [0.4, 0.5) is 5.69 Å². The van der Waals surface area contributed by atoms with Crippen LogP contribution in [0, 0.1) is 10.1 Å². The lowest BCUT2D eigenvalue weighted by molar-refractivity contribution is -0.385. The third kappa shape index (κ3) is 1.86. The Morgan fingerprint density at radius 2 is 2.12 bits per heavy atom. The number of likely N-dealkylation sites (tertiary alicyclic amines) is 1. The Morgan fingerprint density at radius 3 is 2.62 bits per heavy atom. The van der Waals surface area contributed by atoms with Crippen molar-refractivity contribution in [1.29, 1.82) is 0 Å². The van der Waals surface area contributed by atoms with Gasteiger partial charge in [-0.1, -0.05) is 11.6 Å². The van der Waals surface area contributed by atoms with Gasteiger partial charge in [0.2, 0.25) is 0 Å². The van der Waals surface area contributed by atoms with Gasteiger partial charge in [0.1, 0.15) is 5.56 Å². The van der Waals surface area contributed by atoms with Crippen LogP contribution in [-0.2, 0) is 0 Å². The second kappa shape index (κ2) is 4.09. The number of hydrogen-bond donors (Lipinski definition) is 0. The fraction of sp³-hybridized carbons (Fsp3) is 0.300. The summed E-state index contributed by atoms with van der Waals surface area (Å²) in [6.07, 6.45) is 0.952. The molecule has 0 N–H and O–H groups in total. The smallest absolute Gasteiger partial charge is 0.283 e. The second-order valence-corrected chi connectivity index (χ2v) is 4.00. The summed E-state index contributed by atoms with van der Waals surface area (Å²) in [5.74, 6) is -0.297. The third-order valence-electron chi connectivity index (χ3n) is 2.53. The first-order chi connectivity index (χ1) is 7.59. The summed E-state index contributed by atoms with van der Waals surface area (Å²) in [6, 6.07) is 4.09. The van der Waals surface area contributed by atoms with Gasteiger partial charge >= 0.3 is 0 Å². The number of benzene rings is 1. The van der Waals surface area contributed by atoms with E-state index in [9.17, 15) is 14.9 Å². The molecule has 0 radical (unpaired) electrons. The summed E-state index contributed by atoms with van der Waals surface area (Å²) in [6.45, 7) is 1.33.